The third-order valence-electron chi connectivity index (χ3n) is 3.11. The van der Waals surface area contributed by atoms with Crippen LogP contribution in [0.3, 0.4) is 0 Å². The van der Waals surface area contributed by atoms with Gasteiger partial charge in [0.2, 0.25) is 11.1 Å². The van der Waals surface area contributed by atoms with Crippen molar-refractivity contribution in [1.29, 1.82) is 0 Å². The van der Waals surface area contributed by atoms with Gasteiger partial charge in [-0.15, -0.1) is 10.2 Å². The summed E-state index contributed by atoms with van der Waals surface area (Å²) in [7, 11) is 0. The van der Waals surface area contributed by atoms with E-state index in [0.29, 0.717) is 32.3 Å². The van der Waals surface area contributed by atoms with Crippen molar-refractivity contribution in [2.75, 3.05) is 16.9 Å². The molecule has 10 heteroatoms. The monoisotopic (exact) mass is 394 g/mol. The fraction of sp³-hybridized carbons (Fsp3) is 0.0667. The zero-order valence-electron chi connectivity index (χ0n) is 12.7. The van der Waals surface area contributed by atoms with E-state index in [-0.39, 0.29) is 11.7 Å². The van der Waals surface area contributed by atoms with Crippen molar-refractivity contribution in [3.63, 3.8) is 0 Å². The number of benzene rings is 1. The Hall–Kier alpha value is -2.29. The van der Waals surface area contributed by atoms with E-state index in [4.69, 9.17) is 29.0 Å². The Balaban J connectivity index is 1.69. The van der Waals surface area contributed by atoms with Crippen LogP contribution in [0.2, 0.25) is 10.0 Å². The first-order chi connectivity index (χ1) is 12.0. The molecule has 0 radical (unpaired) electrons. The molecule has 0 saturated carbocycles. The number of carbonyl (C=O) groups is 1. The summed E-state index contributed by atoms with van der Waals surface area (Å²) in [6.45, 7) is 0. The predicted octanol–water partition coefficient (Wildman–Crippen LogP) is 3.09. The molecule has 3 rings (SSSR count). The number of rotatable bonds is 5. The topological polar surface area (TPSA) is 98.7 Å². The molecule has 128 valence electrons. The fourth-order valence-corrected chi connectivity index (χ4v) is 3.02. The molecule has 7 nitrogen and oxygen atoms in total. The Kier molecular flexibility index (Phi) is 5.42. The van der Waals surface area contributed by atoms with Gasteiger partial charge in [0, 0.05) is 16.8 Å². The van der Waals surface area contributed by atoms with Crippen molar-refractivity contribution < 1.29 is 4.79 Å². The minimum Gasteiger partial charge on any atom is -0.335 e. The molecular weight excluding hydrogens is 383 g/mol. The van der Waals surface area contributed by atoms with E-state index < -0.39 is 0 Å². The van der Waals surface area contributed by atoms with Gasteiger partial charge in [-0.25, -0.2) is 4.68 Å². The molecule has 0 fully saturated rings. The average molecular weight is 395 g/mol. The zero-order valence-corrected chi connectivity index (χ0v) is 15.0. The van der Waals surface area contributed by atoms with Gasteiger partial charge in [0.05, 0.1) is 22.7 Å². The molecule has 0 aliphatic carbocycles. The molecule has 2 aromatic heterocycles. The van der Waals surface area contributed by atoms with Gasteiger partial charge in [-0.3, -0.25) is 9.78 Å². The van der Waals surface area contributed by atoms with E-state index in [1.54, 1.807) is 42.7 Å². The molecular formula is C15H12Cl2N6OS. The highest BCUT2D eigenvalue weighted by Gasteiger charge is 2.16. The normalized spacial score (nSPS) is 10.6. The average Bonchev–Trinajstić information content (AvgIpc) is 2.97. The second-order valence-electron chi connectivity index (χ2n) is 4.88. The third kappa shape index (κ3) is 4.22. The number of anilines is 1. The molecule has 2 heterocycles. The molecule has 0 saturated heterocycles. The van der Waals surface area contributed by atoms with Gasteiger partial charge in [0.1, 0.15) is 0 Å². The first-order valence-electron chi connectivity index (χ1n) is 7.03. The maximum atomic E-state index is 12.0. The fourth-order valence-electron chi connectivity index (χ4n) is 1.99. The summed E-state index contributed by atoms with van der Waals surface area (Å²) >= 11 is 13.3. The Labute approximate surface area is 157 Å². The summed E-state index contributed by atoms with van der Waals surface area (Å²) in [6.07, 6.45) is 3.19. The van der Waals surface area contributed by atoms with E-state index >= 15 is 0 Å². The van der Waals surface area contributed by atoms with Crippen molar-refractivity contribution in [3.8, 4) is 11.4 Å². The van der Waals surface area contributed by atoms with Crippen LogP contribution in [0.25, 0.3) is 11.4 Å². The van der Waals surface area contributed by atoms with Crippen molar-refractivity contribution in [3.05, 3.63) is 52.8 Å². The number of hydrogen-bond acceptors (Lipinski definition) is 6. The molecule has 0 unspecified atom stereocenters. The number of nitrogen functional groups attached to an aromatic ring is 1. The highest BCUT2D eigenvalue weighted by atomic mass is 35.5. The molecule has 25 heavy (non-hydrogen) atoms. The van der Waals surface area contributed by atoms with Crippen LogP contribution in [0.5, 0.6) is 0 Å². The number of pyridine rings is 1. The van der Waals surface area contributed by atoms with Gasteiger partial charge in [-0.05, 0) is 30.3 Å². The van der Waals surface area contributed by atoms with Crippen LogP contribution >= 0.6 is 35.0 Å². The number of amides is 1. The van der Waals surface area contributed by atoms with E-state index in [0.717, 1.165) is 11.8 Å². The molecule has 3 aromatic rings. The quantitative estimate of drug-likeness (QED) is 0.509. The first kappa shape index (κ1) is 17.5. The van der Waals surface area contributed by atoms with Crippen LogP contribution in [0.15, 0.2) is 47.9 Å². The van der Waals surface area contributed by atoms with Gasteiger partial charge >= 0.3 is 0 Å². The molecule has 0 atom stereocenters. The molecule has 0 spiro atoms. The lowest BCUT2D eigenvalue weighted by Crippen LogP contribution is -2.16. The number of carbonyl (C=O) groups excluding carboxylic acids is 1. The summed E-state index contributed by atoms with van der Waals surface area (Å²) in [6, 6.07) is 8.46. The molecule has 1 amide bonds. The number of aromatic nitrogens is 4. The summed E-state index contributed by atoms with van der Waals surface area (Å²) in [5.74, 6) is 6.30. The molecule has 1 aromatic carbocycles. The lowest BCUT2D eigenvalue weighted by atomic mass is 10.2. The van der Waals surface area contributed by atoms with Crippen molar-refractivity contribution in [2.45, 2.75) is 5.16 Å². The maximum Gasteiger partial charge on any atom is 0.234 e. The number of hydrogen-bond donors (Lipinski definition) is 2. The Morgan fingerprint density at radius 2 is 2.12 bits per heavy atom. The molecule has 3 N–H and O–H groups in total. The highest BCUT2D eigenvalue weighted by Crippen LogP contribution is 2.30. The van der Waals surface area contributed by atoms with E-state index in [1.165, 1.54) is 4.68 Å². The van der Waals surface area contributed by atoms with Crippen LogP contribution in [-0.4, -0.2) is 31.5 Å². The van der Waals surface area contributed by atoms with Crippen LogP contribution in [0, 0.1) is 0 Å². The Morgan fingerprint density at radius 1 is 1.28 bits per heavy atom. The number of nitrogens with zero attached hydrogens (tertiary/aromatic N) is 4. The maximum absolute atomic E-state index is 12.0. The highest BCUT2D eigenvalue weighted by molar-refractivity contribution is 7.99. The van der Waals surface area contributed by atoms with E-state index in [9.17, 15) is 4.79 Å². The standard InChI is InChI=1S/C15H12Cl2N6OS/c16-9-3-4-12(17)11(6-9)14-21-22-15(23(14)18)25-8-13(24)20-10-2-1-5-19-7-10/h1-7H,8,18H2,(H,20,24). The predicted molar refractivity (Wildman–Crippen MR) is 99.2 cm³/mol. The smallest absolute Gasteiger partial charge is 0.234 e. The number of halogens is 2. The van der Waals surface area contributed by atoms with Crippen molar-refractivity contribution in [2.24, 2.45) is 0 Å². The summed E-state index contributed by atoms with van der Waals surface area (Å²) in [5.41, 5.74) is 1.18. The second kappa shape index (κ2) is 7.73. The minimum absolute atomic E-state index is 0.119. The van der Waals surface area contributed by atoms with Gasteiger partial charge in [0.25, 0.3) is 0 Å². The van der Waals surface area contributed by atoms with Gasteiger partial charge < -0.3 is 11.2 Å². The lowest BCUT2D eigenvalue weighted by Gasteiger charge is -2.06. The van der Waals surface area contributed by atoms with Crippen LogP contribution < -0.4 is 11.2 Å². The van der Waals surface area contributed by atoms with Crippen LogP contribution in [0.1, 0.15) is 0 Å². The number of thioether (sulfide) groups is 1. The summed E-state index contributed by atoms with van der Waals surface area (Å²) in [4.78, 5) is 15.9. The first-order valence-corrected chi connectivity index (χ1v) is 8.77. The molecule has 0 aliphatic rings. The van der Waals surface area contributed by atoms with Crippen molar-refractivity contribution >= 4 is 46.6 Å². The molecule has 0 bridgehead atoms. The number of nitrogens with two attached hydrogens (primary N) is 1. The van der Waals surface area contributed by atoms with Gasteiger partial charge in [-0.2, -0.15) is 0 Å². The number of nitrogens with one attached hydrogen (secondary N) is 1. The summed E-state index contributed by atoms with van der Waals surface area (Å²) < 4.78 is 1.28. The SMILES string of the molecule is Nn1c(SCC(=O)Nc2cccnc2)nnc1-c1cc(Cl)ccc1Cl. The Bertz CT molecular complexity index is 902. The van der Waals surface area contributed by atoms with E-state index in [1.807, 2.05) is 0 Å². The molecule has 0 aliphatic heterocycles. The summed E-state index contributed by atoms with van der Waals surface area (Å²) in [5, 5.41) is 12.1. The van der Waals surface area contributed by atoms with Gasteiger partial charge in [0.15, 0.2) is 5.82 Å². The lowest BCUT2D eigenvalue weighted by molar-refractivity contribution is -0.113. The largest absolute Gasteiger partial charge is 0.335 e. The zero-order chi connectivity index (χ0) is 17.8. The van der Waals surface area contributed by atoms with Crippen LogP contribution in [0.4, 0.5) is 5.69 Å². The minimum atomic E-state index is -0.205. The Morgan fingerprint density at radius 3 is 2.88 bits per heavy atom. The van der Waals surface area contributed by atoms with Crippen LogP contribution in [-0.2, 0) is 4.79 Å². The van der Waals surface area contributed by atoms with Gasteiger partial charge in [-0.1, -0.05) is 35.0 Å². The van der Waals surface area contributed by atoms with E-state index in [2.05, 4.69) is 20.5 Å². The third-order valence-corrected chi connectivity index (χ3v) is 4.62. The second-order valence-corrected chi connectivity index (χ2v) is 6.67. The van der Waals surface area contributed by atoms with Crippen molar-refractivity contribution in [1.82, 2.24) is 19.9 Å².